The number of carbonyl (C=O) groups is 2. The van der Waals surface area contributed by atoms with Crippen molar-refractivity contribution in [2.45, 2.75) is 26.3 Å². The Morgan fingerprint density at radius 1 is 1.61 bits per heavy atom. The van der Waals surface area contributed by atoms with Gasteiger partial charge in [-0.2, -0.15) is 5.10 Å². The first kappa shape index (κ1) is 12.6. The summed E-state index contributed by atoms with van der Waals surface area (Å²) in [7, 11) is 1.82. The number of hydrogen-bond donors (Lipinski definition) is 1. The summed E-state index contributed by atoms with van der Waals surface area (Å²) in [5.41, 5.74) is 1.82. The molecule has 1 aromatic rings. The standard InChI is InChI=1S/C12H17N3O3/c1-8-5-10(14(2)13-8)7-15-6-9(12(17)18)3-4-11(15)16/h5,9H,3-4,6-7H2,1-2H3,(H,17,18). The lowest BCUT2D eigenvalue weighted by atomic mass is 9.97. The number of aromatic nitrogens is 2. The molecule has 1 aliphatic rings. The maximum Gasteiger partial charge on any atom is 0.308 e. The molecule has 2 rings (SSSR count). The average Bonchev–Trinajstić information content (AvgIpc) is 2.60. The summed E-state index contributed by atoms with van der Waals surface area (Å²) in [6.07, 6.45) is 0.753. The SMILES string of the molecule is Cc1cc(CN2CC(C(=O)O)CCC2=O)n(C)n1. The lowest BCUT2D eigenvalue weighted by molar-refractivity contribution is -0.147. The third-order valence-corrected chi connectivity index (χ3v) is 3.30. The molecule has 1 saturated heterocycles. The molecule has 98 valence electrons. The molecule has 0 bridgehead atoms. The Labute approximate surface area is 105 Å². The van der Waals surface area contributed by atoms with E-state index in [2.05, 4.69) is 5.10 Å². The first-order valence-electron chi connectivity index (χ1n) is 5.97. The van der Waals surface area contributed by atoms with Crippen LogP contribution >= 0.6 is 0 Å². The van der Waals surface area contributed by atoms with E-state index in [0.717, 1.165) is 11.4 Å². The highest BCUT2D eigenvalue weighted by molar-refractivity contribution is 5.80. The molecule has 0 aromatic carbocycles. The van der Waals surface area contributed by atoms with Gasteiger partial charge in [0, 0.05) is 20.0 Å². The van der Waals surface area contributed by atoms with Crippen LogP contribution < -0.4 is 0 Å². The van der Waals surface area contributed by atoms with Gasteiger partial charge in [0.1, 0.15) is 0 Å². The second-order valence-corrected chi connectivity index (χ2v) is 4.75. The number of hydrogen-bond acceptors (Lipinski definition) is 3. The maximum atomic E-state index is 11.8. The largest absolute Gasteiger partial charge is 0.481 e. The minimum Gasteiger partial charge on any atom is -0.481 e. The molecule has 6 heteroatoms. The number of amides is 1. The number of likely N-dealkylation sites (tertiary alicyclic amines) is 1. The zero-order valence-electron chi connectivity index (χ0n) is 10.6. The lowest BCUT2D eigenvalue weighted by Gasteiger charge is -2.30. The lowest BCUT2D eigenvalue weighted by Crippen LogP contribution is -2.42. The predicted molar refractivity (Wildman–Crippen MR) is 63.7 cm³/mol. The fourth-order valence-electron chi connectivity index (χ4n) is 2.28. The molecule has 1 aliphatic heterocycles. The van der Waals surface area contributed by atoms with Gasteiger partial charge in [-0.15, -0.1) is 0 Å². The molecular formula is C12H17N3O3. The molecule has 18 heavy (non-hydrogen) atoms. The van der Waals surface area contributed by atoms with Crippen LogP contribution in [0.15, 0.2) is 6.07 Å². The predicted octanol–water partition coefficient (Wildman–Crippen LogP) is 0.552. The van der Waals surface area contributed by atoms with Crippen molar-refractivity contribution in [3.8, 4) is 0 Å². The van der Waals surface area contributed by atoms with Gasteiger partial charge in [0.15, 0.2) is 0 Å². The fraction of sp³-hybridized carbons (Fsp3) is 0.583. The van der Waals surface area contributed by atoms with Crippen molar-refractivity contribution in [1.82, 2.24) is 14.7 Å². The van der Waals surface area contributed by atoms with Gasteiger partial charge in [-0.05, 0) is 19.4 Å². The highest BCUT2D eigenvalue weighted by Crippen LogP contribution is 2.20. The van der Waals surface area contributed by atoms with Gasteiger partial charge in [0.25, 0.3) is 0 Å². The van der Waals surface area contributed by atoms with Gasteiger partial charge < -0.3 is 10.0 Å². The molecule has 1 unspecified atom stereocenters. The average molecular weight is 251 g/mol. The number of carboxylic acid groups (broad SMARTS) is 1. The van der Waals surface area contributed by atoms with Crippen LogP contribution in [-0.4, -0.2) is 38.2 Å². The van der Waals surface area contributed by atoms with Gasteiger partial charge in [0.05, 0.1) is 23.9 Å². The number of nitrogens with zero attached hydrogens (tertiary/aromatic N) is 3. The highest BCUT2D eigenvalue weighted by Gasteiger charge is 2.30. The van der Waals surface area contributed by atoms with Crippen molar-refractivity contribution >= 4 is 11.9 Å². The topological polar surface area (TPSA) is 75.4 Å². The van der Waals surface area contributed by atoms with Gasteiger partial charge in [-0.1, -0.05) is 0 Å². The van der Waals surface area contributed by atoms with E-state index in [1.807, 2.05) is 20.0 Å². The Morgan fingerprint density at radius 2 is 2.33 bits per heavy atom. The van der Waals surface area contributed by atoms with E-state index in [1.54, 1.807) is 9.58 Å². The van der Waals surface area contributed by atoms with E-state index in [9.17, 15) is 9.59 Å². The zero-order valence-corrected chi connectivity index (χ0v) is 10.6. The van der Waals surface area contributed by atoms with E-state index in [4.69, 9.17) is 5.11 Å². The highest BCUT2D eigenvalue weighted by atomic mass is 16.4. The summed E-state index contributed by atoms with van der Waals surface area (Å²) in [5, 5.41) is 13.2. The van der Waals surface area contributed by atoms with Crippen molar-refractivity contribution in [3.05, 3.63) is 17.5 Å². The van der Waals surface area contributed by atoms with Crippen LogP contribution in [0.2, 0.25) is 0 Å². The molecule has 1 N–H and O–H groups in total. The monoisotopic (exact) mass is 251 g/mol. The number of carbonyl (C=O) groups excluding carboxylic acids is 1. The molecule has 0 spiro atoms. The number of piperidine rings is 1. The molecule has 1 aromatic heterocycles. The van der Waals surface area contributed by atoms with Crippen molar-refractivity contribution in [3.63, 3.8) is 0 Å². The van der Waals surface area contributed by atoms with Gasteiger partial charge >= 0.3 is 5.97 Å². The molecule has 1 atom stereocenters. The molecule has 0 saturated carbocycles. The van der Waals surface area contributed by atoms with Crippen molar-refractivity contribution < 1.29 is 14.7 Å². The van der Waals surface area contributed by atoms with E-state index in [-0.39, 0.29) is 5.91 Å². The molecule has 6 nitrogen and oxygen atoms in total. The second kappa shape index (κ2) is 4.80. The van der Waals surface area contributed by atoms with Crippen molar-refractivity contribution in [2.24, 2.45) is 13.0 Å². The van der Waals surface area contributed by atoms with E-state index in [0.29, 0.717) is 25.9 Å². The Balaban J connectivity index is 2.09. The van der Waals surface area contributed by atoms with Crippen LogP contribution in [0.1, 0.15) is 24.2 Å². The Bertz CT molecular complexity index is 481. The fourth-order valence-corrected chi connectivity index (χ4v) is 2.28. The third-order valence-electron chi connectivity index (χ3n) is 3.30. The Hall–Kier alpha value is -1.85. The third kappa shape index (κ3) is 2.52. The van der Waals surface area contributed by atoms with Gasteiger partial charge in [0.2, 0.25) is 5.91 Å². The Morgan fingerprint density at radius 3 is 2.89 bits per heavy atom. The number of aliphatic carboxylic acids is 1. The van der Waals surface area contributed by atoms with E-state index >= 15 is 0 Å². The summed E-state index contributed by atoms with van der Waals surface area (Å²) in [5.74, 6) is -1.25. The molecule has 2 heterocycles. The van der Waals surface area contributed by atoms with E-state index < -0.39 is 11.9 Å². The molecule has 1 amide bonds. The summed E-state index contributed by atoms with van der Waals surface area (Å²) >= 11 is 0. The number of carboxylic acids is 1. The minimum atomic E-state index is -0.825. The summed E-state index contributed by atoms with van der Waals surface area (Å²) in [6.45, 7) is 2.61. The van der Waals surface area contributed by atoms with E-state index in [1.165, 1.54) is 0 Å². The maximum absolute atomic E-state index is 11.8. The van der Waals surface area contributed by atoms with Gasteiger partial charge in [-0.25, -0.2) is 0 Å². The molecule has 1 fully saturated rings. The van der Waals surface area contributed by atoms with Crippen molar-refractivity contribution in [1.29, 1.82) is 0 Å². The van der Waals surface area contributed by atoms with Crippen LogP contribution in [0.4, 0.5) is 0 Å². The smallest absolute Gasteiger partial charge is 0.308 e. The number of aryl methyl sites for hydroxylation is 2. The van der Waals surface area contributed by atoms with Crippen LogP contribution in [0.3, 0.4) is 0 Å². The van der Waals surface area contributed by atoms with Crippen LogP contribution in [0, 0.1) is 12.8 Å². The first-order valence-corrected chi connectivity index (χ1v) is 5.97. The molecule has 0 radical (unpaired) electrons. The summed E-state index contributed by atoms with van der Waals surface area (Å²) < 4.78 is 1.73. The quantitative estimate of drug-likeness (QED) is 0.851. The van der Waals surface area contributed by atoms with Gasteiger partial charge in [-0.3, -0.25) is 14.3 Å². The summed E-state index contributed by atoms with van der Waals surface area (Å²) in [6, 6.07) is 1.91. The normalized spacial score (nSPS) is 20.2. The summed E-state index contributed by atoms with van der Waals surface area (Å²) in [4.78, 5) is 24.4. The van der Waals surface area contributed by atoms with Crippen molar-refractivity contribution in [2.75, 3.05) is 6.54 Å². The minimum absolute atomic E-state index is 0.0198. The first-order chi connectivity index (χ1) is 8.47. The van der Waals surface area contributed by atoms with Crippen LogP contribution in [0.5, 0.6) is 0 Å². The molecule has 0 aliphatic carbocycles. The number of rotatable bonds is 3. The Kier molecular flexibility index (Phi) is 3.36. The second-order valence-electron chi connectivity index (χ2n) is 4.75. The van der Waals surface area contributed by atoms with Crippen LogP contribution in [-0.2, 0) is 23.2 Å². The zero-order chi connectivity index (χ0) is 13.3. The van der Waals surface area contributed by atoms with Crippen LogP contribution in [0.25, 0.3) is 0 Å². The molecular weight excluding hydrogens is 234 g/mol.